The third-order valence-corrected chi connectivity index (χ3v) is 1.66. The zero-order valence-corrected chi connectivity index (χ0v) is 7.53. The van der Waals surface area contributed by atoms with Gasteiger partial charge in [-0.3, -0.25) is 4.99 Å². The highest BCUT2D eigenvalue weighted by atomic mass is 14.7. The summed E-state index contributed by atoms with van der Waals surface area (Å²) in [6.07, 6.45) is 4.28. The molecule has 1 nitrogen and oxygen atoms in total. The van der Waals surface area contributed by atoms with E-state index in [1.807, 2.05) is 24.4 Å². The molecule has 0 saturated heterocycles. The molecule has 0 fully saturated rings. The van der Waals surface area contributed by atoms with Crippen molar-refractivity contribution >= 4 is 6.21 Å². The molecule has 0 radical (unpaired) electrons. The Hall–Kier alpha value is -1.11. The minimum Gasteiger partial charge on any atom is -0.293 e. The lowest BCUT2D eigenvalue weighted by Gasteiger charge is -1.93. The van der Waals surface area contributed by atoms with Crippen molar-refractivity contribution in [3.05, 3.63) is 35.9 Å². The zero-order chi connectivity index (χ0) is 8.65. The van der Waals surface area contributed by atoms with Crippen molar-refractivity contribution in [1.29, 1.82) is 0 Å². The molecular formula is C11H15N. The van der Waals surface area contributed by atoms with E-state index in [1.54, 1.807) is 0 Å². The van der Waals surface area contributed by atoms with E-state index in [4.69, 9.17) is 0 Å². The van der Waals surface area contributed by atoms with Crippen LogP contribution in [-0.4, -0.2) is 6.21 Å². The lowest BCUT2D eigenvalue weighted by atomic mass is 10.2. The molecule has 0 atom stereocenters. The first-order valence-corrected chi connectivity index (χ1v) is 4.45. The van der Waals surface area contributed by atoms with E-state index in [2.05, 4.69) is 24.0 Å². The van der Waals surface area contributed by atoms with E-state index in [9.17, 15) is 0 Å². The molecule has 0 amide bonds. The van der Waals surface area contributed by atoms with Gasteiger partial charge in [-0.05, 0) is 18.2 Å². The fourth-order valence-corrected chi connectivity index (χ4v) is 0.974. The number of nitrogens with zero attached hydrogens (tertiary/aromatic N) is 1. The summed E-state index contributed by atoms with van der Waals surface area (Å²) < 4.78 is 0. The molecule has 1 aromatic rings. The molecule has 1 rings (SSSR count). The Morgan fingerprint density at radius 3 is 2.67 bits per heavy atom. The summed E-state index contributed by atoms with van der Waals surface area (Å²) in [6.45, 7) is 2.98. The van der Waals surface area contributed by atoms with Gasteiger partial charge < -0.3 is 0 Å². The van der Waals surface area contributed by atoms with Gasteiger partial charge in [0, 0.05) is 0 Å². The molecule has 0 heterocycles. The van der Waals surface area contributed by atoms with Gasteiger partial charge >= 0.3 is 0 Å². The minimum absolute atomic E-state index is 0.820. The van der Waals surface area contributed by atoms with Crippen molar-refractivity contribution in [2.75, 3.05) is 0 Å². The van der Waals surface area contributed by atoms with Crippen LogP contribution in [0.4, 0.5) is 0 Å². The highest BCUT2D eigenvalue weighted by Crippen LogP contribution is 1.99. The number of aliphatic imine (C=N–C) groups is 1. The SMILES string of the molecule is CCC/C=N/Cc1ccccc1. The van der Waals surface area contributed by atoms with E-state index in [1.165, 1.54) is 12.0 Å². The number of hydrogen-bond donors (Lipinski definition) is 0. The van der Waals surface area contributed by atoms with Gasteiger partial charge in [-0.2, -0.15) is 0 Å². The first kappa shape index (κ1) is 8.98. The average molecular weight is 161 g/mol. The van der Waals surface area contributed by atoms with Gasteiger partial charge in [-0.1, -0.05) is 43.7 Å². The van der Waals surface area contributed by atoms with E-state index in [-0.39, 0.29) is 0 Å². The van der Waals surface area contributed by atoms with Gasteiger partial charge in [0.15, 0.2) is 0 Å². The van der Waals surface area contributed by atoms with Crippen molar-refractivity contribution in [3.63, 3.8) is 0 Å². The predicted molar refractivity (Wildman–Crippen MR) is 53.5 cm³/mol. The van der Waals surface area contributed by atoms with E-state index < -0.39 is 0 Å². The van der Waals surface area contributed by atoms with Crippen molar-refractivity contribution in [2.24, 2.45) is 4.99 Å². The molecule has 0 spiro atoms. The monoisotopic (exact) mass is 161 g/mol. The topological polar surface area (TPSA) is 12.4 Å². The largest absolute Gasteiger partial charge is 0.293 e. The van der Waals surface area contributed by atoms with Crippen LogP contribution in [0.2, 0.25) is 0 Å². The molecule has 0 aliphatic heterocycles. The molecule has 0 unspecified atom stereocenters. The first-order chi connectivity index (χ1) is 5.93. The third kappa shape index (κ3) is 3.33. The fourth-order valence-electron chi connectivity index (χ4n) is 0.974. The zero-order valence-electron chi connectivity index (χ0n) is 7.53. The number of unbranched alkanes of at least 4 members (excludes halogenated alkanes) is 1. The van der Waals surface area contributed by atoms with Gasteiger partial charge in [0.25, 0.3) is 0 Å². The Labute approximate surface area is 74.2 Å². The molecule has 0 aliphatic carbocycles. The average Bonchev–Trinajstić information content (AvgIpc) is 2.14. The molecule has 1 heteroatoms. The second-order valence-corrected chi connectivity index (χ2v) is 2.80. The first-order valence-electron chi connectivity index (χ1n) is 4.45. The molecule has 0 bridgehead atoms. The van der Waals surface area contributed by atoms with Crippen LogP contribution in [0.3, 0.4) is 0 Å². The van der Waals surface area contributed by atoms with Gasteiger partial charge in [-0.25, -0.2) is 0 Å². The highest BCUT2D eigenvalue weighted by Gasteiger charge is 1.84. The van der Waals surface area contributed by atoms with Gasteiger partial charge in [0.2, 0.25) is 0 Å². The Morgan fingerprint density at radius 1 is 1.25 bits per heavy atom. The number of rotatable bonds is 4. The summed E-state index contributed by atoms with van der Waals surface area (Å²) in [6, 6.07) is 10.3. The van der Waals surface area contributed by atoms with Crippen LogP contribution >= 0.6 is 0 Å². The summed E-state index contributed by atoms with van der Waals surface area (Å²) in [5.41, 5.74) is 1.28. The normalized spacial score (nSPS) is 10.8. The summed E-state index contributed by atoms with van der Waals surface area (Å²) in [7, 11) is 0. The highest BCUT2D eigenvalue weighted by molar-refractivity contribution is 5.56. The molecule has 0 aromatic heterocycles. The Morgan fingerprint density at radius 2 is 2.00 bits per heavy atom. The van der Waals surface area contributed by atoms with Gasteiger partial charge in [0.1, 0.15) is 0 Å². The van der Waals surface area contributed by atoms with Crippen LogP contribution in [0.5, 0.6) is 0 Å². The van der Waals surface area contributed by atoms with E-state index in [0.29, 0.717) is 0 Å². The predicted octanol–water partition coefficient (Wildman–Crippen LogP) is 3.06. The Balaban J connectivity index is 2.33. The Kier molecular flexibility index (Phi) is 4.14. The summed E-state index contributed by atoms with van der Waals surface area (Å²) >= 11 is 0. The third-order valence-electron chi connectivity index (χ3n) is 1.66. The standard InChI is InChI=1S/C11H15N/c1-2-3-9-12-10-11-7-5-4-6-8-11/h4-9H,2-3,10H2,1H3/b12-9+. The number of hydrogen-bond acceptors (Lipinski definition) is 1. The smallest absolute Gasteiger partial charge is 0.0635 e. The summed E-state index contributed by atoms with van der Waals surface area (Å²) in [5, 5.41) is 0. The fraction of sp³-hybridized carbons (Fsp3) is 0.364. The van der Waals surface area contributed by atoms with Crippen LogP contribution in [0.15, 0.2) is 35.3 Å². The molecule has 0 saturated carbocycles. The second kappa shape index (κ2) is 5.53. The summed E-state index contributed by atoms with van der Waals surface area (Å²) in [5.74, 6) is 0. The van der Waals surface area contributed by atoms with Gasteiger partial charge in [-0.15, -0.1) is 0 Å². The van der Waals surface area contributed by atoms with E-state index in [0.717, 1.165) is 13.0 Å². The van der Waals surface area contributed by atoms with Gasteiger partial charge in [0.05, 0.1) is 6.54 Å². The molecule has 64 valence electrons. The molecular weight excluding hydrogens is 146 g/mol. The minimum atomic E-state index is 0.820. The molecule has 1 aromatic carbocycles. The quantitative estimate of drug-likeness (QED) is 0.602. The van der Waals surface area contributed by atoms with Crippen LogP contribution in [0.1, 0.15) is 25.3 Å². The maximum Gasteiger partial charge on any atom is 0.0635 e. The van der Waals surface area contributed by atoms with Crippen LogP contribution in [-0.2, 0) is 6.54 Å². The van der Waals surface area contributed by atoms with Crippen molar-refractivity contribution < 1.29 is 0 Å². The van der Waals surface area contributed by atoms with Crippen LogP contribution in [0, 0.1) is 0 Å². The molecule has 0 aliphatic rings. The lowest BCUT2D eigenvalue weighted by molar-refractivity contribution is 0.985. The van der Waals surface area contributed by atoms with Crippen molar-refractivity contribution in [1.82, 2.24) is 0 Å². The van der Waals surface area contributed by atoms with E-state index >= 15 is 0 Å². The van der Waals surface area contributed by atoms with Crippen molar-refractivity contribution in [2.45, 2.75) is 26.3 Å². The Bertz CT molecular complexity index is 226. The molecule has 12 heavy (non-hydrogen) atoms. The lowest BCUT2D eigenvalue weighted by Crippen LogP contribution is -1.80. The maximum atomic E-state index is 4.31. The maximum absolute atomic E-state index is 4.31. The summed E-state index contributed by atoms with van der Waals surface area (Å²) in [4.78, 5) is 4.31. The number of benzene rings is 1. The van der Waals surface area contributed by atoms with Crippen molar-refractivity contribution in [3.8, 4) is 0 Å². The molecule has 0 N–H and O–H groups in total. The van der Waals surface area contributed by atoms with Crippen LogP contribution in [0.25, 0.3) is 0 Å². The van der Waals surface area contributed by atoms with Crippen LogP contribution < -0.4 is 0 Å². The second-order valence-electron chi connectivity index (χ2n) is 2.80.